The van der Waals surface area contributed by atoms with Crippen molar-refractivity contribution in [2.75, 3.05) is 13.1 Å². The SMILES string of the molecule is CC(C)NC(=O)c1ccc2ccc(-c3nnc4ccc([C@@H](N5CCC(N)C5)C(F)(F)F)cn34)nc2c1. The highest BCUT2D eigenvalue weighted by atomic mass is 19.4. The van der Waals surface area contributed by atoms with Gasteiger partial charge < -0.3 is 11.1 Å². The molecule has 5 rings (SSSR count). The van der Waals surface area contributed by atoms with E-state index in [2.05, 4.69) is 20.5 Å². The minimum Gasteiger partial charge on any atom is -0.350 e. The van der Waals surface area contributed by atoms with Gasteiger partial charge >= 0.3 is 6.18 Å². The molecule has 1 amide bonds. The zero-order chi connectivity index (χ0) is 25.6. The van der Waals surface area contributed by atoms with Gasteiger partial charge in [-0.15, -0.1) is 10.2 Å². The molecule has 4 heterocycles. The van der Waals surface area contributed by atoms with Gasteiger partial charge in [0, 0.05) is 42.3 Å². The van der Waals surface area contributed by atoms with E-state index in [4.69, 9.17) is 5.73 Å². The van der Waals surface area contributed by atoms with E-state index in [9.17, 15) is 18.0 Å². The fourth-order valence-electron chi connectivity index (χ4n) is 4.63. The molecule has 3 aromatic heterocycles. The second kappa shape index (κ2) is 9.14. The van der Waals surface area contributed by atoms with Crippen molar-refractivity contribution >= 4 is 22.5 Å². The molecule has 1 aliphatic rings. The zero-order valence-electron chi connectivity index (χ0n) is 19.8. The number of hydrogen-bond acceptors (Lipinski definition) is 6. The van der Waals surface area contributed by atoms with Crippen molar-refractivity contribution in [3.8, 4) is 11.5 Å². The van der Waals surface area contributed by atoms with Crippen molar-refractivity contribution in [3.63, 3.8) is 0 Å². The largest absolute Gasteiger partial charge is 0.408 e. The molecule has 8 nitrogen and oxygen atoms in total. The molecule has 0 aliphatic carbocycles. The van der Waals surface area contributed by atoms with Crippen molar-refractivity contribution in [2.45, 2.75) is 44.6 Å². The summed E-state index contributed by atoms with van der Waals surface area (Å²) in [4.78, 5) is 18.4. The van der Waals surface area contributed by atoms with E-state index in [1.54, 1.807) is 24.3 Å². The zero-order valence-corrected chi connectivity index (χ0v) is 19.8. The molecular weight excluding hydrogens is 471 g/mol. The number of nitrogens with one attached hydrogen (secondary N) is 1. The maximum absolute atomic E-state index is 14.1. The Kier molecular flexibility index (Phi) is 6.13. The Bertz CT molecular complexity index is 1430. The van der Waals surface area contributed by atoms with Gasteiger partial charge in [0.2, 0.25) is 0 Å². The fraction of sp³-hybridized carbons (Fsp3) is 0.360. The molecule has 0 bridgehead atoms. The number of rotatable bonds is 5. The first-order chi connectivity index (χ1) is 17.1. The first-order valence-electron chi connectivity index (χ1n) is 11.7. The number of nitrogens with two attached hydrogens (primary N) is 1. The molecule has 2 atom stereocenters. The van der Waals surface area contributed by atoms with Crippen LogP contribution in [-0.2, 0) is 0 Å². The first kappa shape index (κ1) is 24.1. The Hall–Kier alpha value is -3.57. The summed E-state index contributed by atoms with van der Waals surface area (Å²) in [5, 5.41) is 12.0. The van der Waals surface area contributed by atoms with Crippen LogP contribution in [0.4, 0.5) is 13.2 Å². The third-order valence-corrected chi connectivity index (χ3v) is 6.28. The average molecular weight is 498 g/mol. The van der Waals surface area contributed by atoms with Gasteiger partial charge in [-0.25, -0.2) is 4.98 Å². The van der Waals surface area contributed by atoms with Crippen molar-refractivity contribution in [1.29, 1.82) is 0 Å². The summed E-state index contributed by atoms with van der Waals surface area (Å²) in [5.74, 6) is 0.0985. The molecule has 1 saturated heterocycles. The maximum atomic E-state index is 14.1. The highest BCUT2D eigenvalue weighted by molar-refractivity contribution is 5.98. The normalized spacial score (nSPS) is 17.8. The maximum Gasteiger partial charge on any atom is 0.408 e. The van der Waals surface area contributed by atoms with Gasteiger partial charge in [-0.05, 0) is 50.1 Å². The van der Waals surface area contributed by atoms with Crippen molar-refractivity contribution in [1.82, 2.24) is 29.8 Å². The Morgan fingerprint density at radius 1 is 1.14 bits per heavy atom. The number of halogens is 3. The molecule has 11 heteroatoms. The molecule has 1 unspecified atom stereocenters. The standard InChI is InChI=1S/C25H26F3N7O/c1-14(2)30-24(36)16-4-3-15-5-7-19(31-20(15)11-16)23-33-32-21-8-6-17(12-35(21)23)22(25(26,27)28)34-10-9-18(29)13-34/h3-8,11-12,14,18,22H,9-10,13,29H2,1-2H3,(H,30,36)/t18?,22-/m1/s1. The van der Waals surface area contributed by atoms with Crippen LogP contribution in [0.2, 0.25) is 0 Å². The lowest BCUT2D eigenvalue weighted by atomic mass is 10.1. The Morgan fingerprint density at radius 2 is 1.92 bits per heavy atom. The monoisotopic (exact) mass is 497 g/mol. The molecule has 1 aliphatic heterocycles. The molecular formula is C25H26F3N7O. The first-order valence-corrected chi connectivity index (χ1v) is 11.7. The van der Waals surface area contributed by atoms with Crippen LogP contribution in [0.3, 0.4) is 0 Å². The molecule has 1 aromatic carbocycles. The van der Waals surface area contributed by atoms with Gasteiger partial charge in [-0.3, -0.25) is 14.1 Å². The van der Waals surface area contributed by atoms with Crippen LogP contribution in [-0.4, -0.2) is 61.7 Å². The van der Waals surface area contributed by atoms with E-state index in [0.29, 0.717) is 34.7 Å². The smallest absolute Gasteiger partial charge is 0.350 e. The van der Waals surface area contributed by atoms with Gasteiger partial charge in [-0.2, -0.15) is 13.2 Å². The lowest BCUT2D eigenvalue weighted by Crippen LogP contribution is -2.38. The summed E-state index contributed by atoms with van der Waals surface area (Å²) < 4.78 is 43.9. The van der Waals surface area contributed by atoms with Crippen LogP contribution >= 0.6 is 0 Å². The molecule has 3 N–H and O–H groups in total. The second-order valence-corrected chi connectivity index (χ2v) is 9.43. The number of nitrogens with zero attached hydrogens (tertiary/aromatic N) is 5. The van der Waals surface area contributed by atoms with Crippen LogP contribution in [0.5, 0.6) is 0 Å². The number of amides is 1. The fourth-order valence-corrected chi connectivity index (χ4v) is 4.63. The number of likely N-dealkylation sites (tertiary alicyclic amines) is 1. The molecule has 36 heavy (non-hydrogen) atoms. The number of hydrogen-bond donors (Lipinski definition) is 2. The van der Waals surface area contributed by atoms with Gasteiger partial charge in [0.1, 0.15) is 11.7 Å². The number of alkyl halides is 3. The second-order valence-electron chi connectivity index (χ2n) is 9.43. The third-order valence-electron chi connectivity index (χ3n) is 6.28. The van der Waals surface area contributed by atoms with Crippen molar-refractivity contribution in [2.24, 2.45) is 5.73 Å². The van der Waals surface area contributed by atoms with Crippen LogP contribution < -0.4 is 11.1 Å². The van der Waals surface area contributed by atoms with E-state index in [-0.39, 0.29) is 36.6 Å². The predicted molar refractivity (Wildman–Crippen MR) is 129 cm³/mol. The number of carbonyl (C=O) groups excluding carboxylic acids is 1. The van der Waals surface area contributed by atoms with Crippen molar-refractivity contribution < 1.29 is 18.0 Å². The average Bonchev–Trinajstić information content (AvgIpc) is 3.43. The van der Waals surface area contributed by atoms with E-state index in [1.807, 2.05) is 19.9 Å². The number of fused-ring (bicyclic) bond motifs is 2. The van der Waals surface area contributed by atoms with Gasteiger partial charge in [-0.1, -0.05) is 18.2 Å². The molecule has 188 valence electrons. The Labute approximate surface area is 205 Å². The lowest BCUT2D eigenvalue weighted by molar-refractivity contribution is -0.183. The molecule has 1 fully saturated rings. The molecule has 4 aromatic rings. The van der Waals surface area contributed by atoms with Gasteiger partial charge in [0.25, 0.3) is 5.91 Å². The number of carbonyl (C=O) groups is 1. The lowest BCUT2D eigenvalue weighted by Gasteiger charge is -2.30. The van der Waals surface area contributed by atoms with E-state index in [1.165, 1.54) is 27.6 Å². The van der Waals surface area contributed by atoms with E-state index in [0.717, 1.165) is 5.39 Å². The Morgan fingerprint density at radius 3 is 2.61 bits per heavy atom. The van der Waals surface area contributed by atoms with Crippen LogP contribution in [0.1, 0.15) is 42.2 Å². The van der Waals surface area contributed by atoms with Crippen LogP contribution in [0, 0.1) is 0 Å². The third kappa shape index (κ3) is 4.63. The highest BCUT2D eigenvalue weighted by Crippen LogP contribution is 2.39. The summed E-state index contributed by atoms with van der Waals surface area (Å²) >= 11 is 0. The quantitative estimate of drug-likeness (QED) is 0.436. The summed E-state index contributed by atoms with van der Waals surface area (Å²) in [6.07, 6.45) is -2.53. The molecule has 0 saturated carbocycles. The van der Waals surface area contributed by atoms with Crippen LogP contribution in [0.25, 0.3) is 28.1 Å². The topological polar surface area (TPSA) is 101 Å². The highest BCUT2D eigenvalue weighted by Gasteiger charge is 2.46. The molecule has 0 radical (unpaired) electrons. The van der Waals surface area contributed by atoms with Gasteiger partial charge in [0.15, 0.2) is 11.5 Å². The minimum absolute atomic E-state index is 0.0131. The molecule has 0 spiro atoms. The Balaban J connectivity index is 1.55. The summed E-state index contributed by atoms with van der Waals surface area (Å²) in [6, 6.07) is 9.66. The van der Waals surface area contributed by atoms with Crippen molar-refractivity contribution in [3.05, 3.63) is 59.8 Å². The van der Waals surface area contributed by atoms with E-state index >= 15 is 0 Å². The number of pyridine rings is 2. The number of aromatic nitrogens is 4. The van der Waals surface area contributed by atoms with E-state index < -0.39 is 12.2 Å². The number of benzene rings is 1. The summed E-state index contributed by atoms with van der Waals surface area (Å²) in [7, 11) is 0. The van der Waals surface area contributed by atoms with Gasteiger partial charge in [0.05, 0.1) is 5.52 Å². The predicted octanol–water partition coefficient (Wildman–Crippen LogP) is 3.72. The minimum atomic E-state index is -4.47. The van der Waals surface area contributed by atoms with Crippen LogP contribution in [0.15, 0.2) is 48.7 Å². The summed E-state index contributed by atoms with van der Waals surface area (Å²) in [6.45, 7) is 4.20. The summed E-state index contributed by atoms with van der Waals surface area (Å²) in [5.41, 5.74) is 7.83.